The van der Waals surface area contributed by atoms with Gasteiger partial charge in [0.2, 0.25) is 11.8 Å². The molecule has 0 fully saturated rings. The summed E-state index contributed by atoms with van der Waals surface area (Å²) in [6, 6.07) is 4.80. The number of anilines is 1. The van der Waals surface area contributed by atoms with Crippen molar-refractivity contribution in [1.82, 2.24) is 15.5 Å². The molecule has 3 atom stereocenters. The average Bonchev–Trinajstić information content (AvgIpc) is 3.03. The lowest BCUT2D eigenvalue weighted by molar-refractivity contribution is -0.131. The highest BCUT2D eigenvalue weighted by atomic mass is 16.6. The van der Waals surface area contributed by atoms with Crippen LogP contribution in [-0.2, 0) is 30.5 Å². The summed E-state index contributed by atoms with van der Waals surface area (Å²) >= 11 is 0. The molecular weight excluding hydrogens is 638 g/mol. The number of carbonyl (C=O) groups is 6. The lowest BCUT2D eigenvalue weighted by Crippen LogP contribution is -2.45. The van der Waals surface area contributed by atoms with Gasteiger partial charge in [0.1, 0.15) is 6.61 Å². The molecule has 0 aliphatic carbocycles. The fourth-order valence-corrected chi connectivity index (χ4v) is 5.77. The van der Waals surface area contributed by atoms with Crippen LogP contribution in [0.1, 0.15) is 119 Å². The molecule has 5 amide bonds. The predicted octanol–water partition coefficient (Wildman–Crippen LogP) is 6.36. The molecule has 0 aromatic heterocycles. The first-order valence-corrected chi connectivity index (χ1v) is 18.0. The fourth-order valence-electron chi connectivity index (χ4n) is 5.77. The van der Waals surface area contributed by atoms with E-state index in [1.807, 2.05) is 27.7 Å². The topological polar surface area (TPSA) is 177 Å². The Morgan fingerprint density at radius 3 is 2.06 bits per heavy atom. The Hall–Kier alpha value is -3.96. The van der Waals surface area contributed by atoms with Crippen LogP contribution in [0.25, 0.3) is 0 Å². The zero-order chi connectivity index (χ0) is 38.0. The molecule has 0 radical (unpaired) electrons. The van der Waals surface area contributed by atoms with Crippen molar-refractivity contribution in [3.8, 4) is 0 Å². The number of rotatable bonds is 22. The van der Waals surface area contributed by atoms with Gasteiger partial charge in [-0.1, -0.05) is 80.4 Å². The molecule has 0 saturated carbocycles. The van der Waals surface area contributed by atoms with Crippen molar-refractivity contribution in [3.63, 3.8) is 0 Å². The lowest BCUT2D eigenvalue weighted by atomic mass is 9.89. The molecule has 0 bridgehead atoms. The number of amides is 5. The van der Waals surface area contributed by atoms with Gasteiger partial charge in [0.05, 0.1) is 12.1 Å². The van der Waals surface area contributed by atoms with Gasteiger partial charge < -0.3 is 31.3 Å². The van der Waals surface area contributed by atoms with E-state index in [4.69, 9.17) is 10.5 Å². The molecule has 0 aliphatic rings. The molecule has 5 N–H and O–H groups in total. The maximum Gasteiger partial charge on any atom is 0.410 e. The van der Waals surface area contributed by atoms with E-state index in [0.717, 1.165) is 25.7 Å². The number of nitrogens with one attached hydrogen (secondary N) is 3. The van der Waals surface area contributed by atoms with Gasteiger partial charge in [0, 0.05) is 44.5 Å². The summed E-state index contributed by atoms with van der Waals surface area (Å²) in [7, 11) is 1.55. The molecule has 50 heavy (non-hydrogen) atoms. The van der Waals surface area contributed by atoms with Gasteiger partial charge in [-0.2, -0.15) is 0 Å². The molecule has 12 nitrogen and oxygen atoms in total. The van der Waals surface area contributed by atoms with Gasteiger partial charge >= 0.3 is 12.1 Å². The minimum atomic E-state index is -0.729. The maximum absolute atomic E-state index is 13.5. The summed E-state index contributed by atoms with van der Waals surface area (Å²) < 4.78 is 5.45. The number of urea groups is 1. The second-order valence-electron chi connectivity index (χ2n) is 15.1. The van der Waals surface area contributed by atoms with E-state index in [-0.39, 0.29) is 60.2 Å². The second kappa shape index (κ2) is 22.0. The highest BCUT2D eigenvalue weighted by Crippen LogP contribution is 2.23. The van der Waals surface area contributed by atoms with Crippen LogP contribution in [0.4, 0.5) is 15.3 Å². The Balaban J connectivity index is 2.89. The molecule has 0 heterocycles. The molecular formula is C38H63N5O7. The van der Waals surface area contributed by atoms with Gasteiger partial charge in [-0.05, 0) is 60.6 Å². The van der Waals surface area contributed by atoms with Gasteiger partial charge in [-0.15, -0.1) is 0 Å². The number of primary amides is 1. The number of hydrogen-bond donors (Lipinski definition) is 4. The quantitative estimate of drug-likeness (QED) is 0.102. The molecule has 0 spiro atoms. The van der Waals surface area contributed by atoms with E-state index in [1.165, 1.54) is 4.90 Å². The number of nitrogens with zero attached hydrogens (tertiary/aromatic N) is 1. The predicted molar refractivity (Wildman–Crippen MR) is 196 cm³/mol. The van der Waals surface area contributed by atoms with Gasteiger partial charge in [0.15, 0.2) is 11.6 Å². The first-order valence-electron chi connectivity index (χ1n) is 18.0. The number of ether oxygens (including phenoxy) is 1. The van der Waals surface area contributed by atoms with Crippen molar-refractivity contribution in [3.05, 3.63) is 29.8 Å². The van der Waals surface area contributed by atoms with Crippen LogP contribution in [0.5, 0.6) is 0 Å². The van der Waals surface area contributed by atoms with Crippen LogP contribution < -0.4 is 21.7 Å². The third-order valence-electron chi connectivity index (χ3n) is 8.61. The van der Waals surface area contributed by atoms with E-state index >= 15 is 0 Å². The van der Waals surface area contributed by atoms with E-state index in [1.54, 1.807) is 38.2 Å². The van der Waals surface area contributed by atoms with Gasteiger partial charge in [-0.3, -0.25) is 19.2 Å². The molecule has 12 heteroatoms. The van der Waals surface area contributed by atoms with Crippen molar-refractivity contribution in [1.29, 1.82) is 0 Å². The minimum Gasteiger partial charge on any atom is -0.445 e. The zero-order valence-electron chi connectivity index (χ0n) is 31.9. The molecule has 1 aromatic carbocycles. The molecule has 2 unspecified atom stereocenters. The number of carbonyl (C=O) groups excluding carboxylic acids is 6. The second-order valence-corrected chi connectivity index (χ2v) is 15.1. The normalized spacial score (nSPS) is 13.3. The summed E-state index contributed by atoms with van der Waals surface area (Å²) in [6.07, 6.45) is 4.51. The van der Waals surface area contributed by atoms with Crippen LogP contribution in [0.3, 0.4) is 0 Å². The summed E-state index contributed by atoms with van der Waals surface area (Å²) in [5, 5.41) is 8.28. The Bertz CT molecular complexity index is 1260. The monoisotopic (exact) mass is 701 g/mol. The average molecular weight is 702 g/mol. The van der Waals surface area contributed by atoms with Crippen LogP contribution in [0.2, 0.25) is 0 Å². The first kappa shape index (κ1) is 44.1. The summed E-state index contributed by atoms with van der Waals surface area (Å²) in [4.78, 5) is 77.3. The zero-order valence-corrected chi connectivity index (χ0v) is 31.9. The highest BCUT2D eigenvalue weighted by molar-refractivity contribution is 5.97. The van der Waals surface area contributed by atoms with Crippen molar-refractivity contribution < 1.29 is 33.5 Å². The number of hydrogen-bond acceptors (Lipinski definition) is 7. The van der Waals surface area contributed by atoms with E-state index in [9.17, 15) is 28.8 Å². The van der Waals surface area contributed by atoms with Crippen molar-refractivity contribution in [2.45, 2.75) is 132 Å². The Morgan fingerprint density at radius 2 is 1.52 bits per heavy atom. The lowest BCUT2D eigenvalue weighted by Gasteiger charge is -2.29. The molecule has 1 rings (SSSR count). The van der Waals surface area contributed by atoms with Crippen molar-refractivity contribution in [2.75, 3.05) is 18.9 Å². The maximum atomic E-state index is 13.5. The van der Waals surface area contributed by atoms with E-state index in [2.05, 4.69) is 36.7 Å². The van der Waals surface area contributed by atoms with Crippen molar-refractivity contribution in [2.24, 2.45) is 28.9 Å². The van der Waals surface area contributed by atoms with Crippen LogP contribution in [0.15, 0.2) is 24.3 Å². The standard InChI is InChI=1S/C38H63N5O7/c1-10-30(44)34(26(4)5)43(9)37(49)50-24-27-17-19-29(20-18-27)41-35(47)28(15-14-22-40-36(39)48)23-31(45)33(25(2)3)42-32(46)16-12-11-13-21-38(6,7)8/h17-20,25-26,28,33-34H,10-16,21-24H2,1-9H3,(H,41,47)(H,42,46)(H3,39,40,48)/t28-,33?,34?/m1/s1. The Kier molecular flexibility index (Phi) is 19.4. The number of likely N-dealkylation sites (N-methyl/N-ethyl adjacent to an activating group) is 1. The van der Waals surface area contributed by atoms with Gasteiger partial charge in [-0.25, -0.2) is 9.59 Å². The number of Topliss-reactive ketones (excluding diaryl/α,β-unsaturated/α-hetero) is 2. The number of ketones is 2. The number of benzene rings is 1. The van der Waals surface area contributed by atoms with Crippen LogP contribution in [0, 0.1) is 23.2 Å². The smallest absolute Gasteiger partial charge is 0.410 e. The Morgan fingerprint density at radius 1 is 0.880 bits per heavy atom. The number of nitrogens with two attached hydrogens (primary N) is 1. The Labute approximate surface area is 299 Å². The first-order chi connectivity index (χ1) is 23.4. The van der Waals surface area contributed by atoms with Crippen LogP contribution >= 0.6 is 0 Å². The summed E-state index contributed by atoms with van der Waals surface area (Å²) in [5.41, 5.74) is 6.61. The van der Waals surface area contributed by atoms with Crippen molar-refractivity contribution >= 4 is 41.2 Å². The summed E-state index contributed by atoms with van der Waals surface area (Å²) in [5.74, 6) is -1.76. The SMILES string of the molecule is CCC(=O)C(C(C)C)N(C)C(=O)OCc1ccc(NC(=O)[C@H](CCCNC(N)=O)CC(=O)C(NC(=O)CCCCCC(C)(C)C)C(C)C)cc1. The molecule has 0 aliphatic heterocycles. The third kappa shape index (κ3) is 17.1. The minimum absolute atomic E-state index is 0.0221. The molecule has 282 valence electrons. The third-order valence-corrected chi connectivity index (χ3v) is 8.61. The molecule has 0 saturated heterocycles. The number of unbranched alkanes of at least 4 members (excludes halogenated alkanes) is 2. The van der Waals surface area contributed by atoms with E-state index in [0.29, 0.717) is 36.9 Å². The molecule has 1 aromatic rings. The van der Waals surface area contributed by atoms with Crippen LogP contribution in [-0.4, -0.2) is 66.1 Å². The largest absolute Gasteiger partial charge is 0.445 e. The summed E-state index contributed by atoms with van der Waals surface area (Å²) in [6.45, 7) is 16.1. The highest BCUT2D eigenvalue weighted by Gasteiger charge is 2.31. The van der Waals surface area contributed by atoms with E-state index < -0.39 is 30.1 Å². The fraction of sp³-hybridized carbons (Fsp3) is 0.684. The van der Waals surface area contributed by atoms with Gasteiger partial charge in [0.25, 0.3) is 0 Å².